The number of amides is 1. The van der Waals surface area contributed by atoms with Gasteiger partial charge in [-0.05, 0) is 60.2 Å². The van der Waals surface area contributed by atoms with Gasteiger partial charge in [0.1, 0.15) is 11.3 Å². The molecule has 1 aromatic heterocycles. The molecule has 3 aromatic carbocycles. The quantitative estimate of drug-likeness (QED) is 0.381. The minimum absolute atomic E-state index is 0.0321. The molecule has 0 aliphatic heterocycles. The first-order valence-electron chi connectivity index (χ1n) is 11.4. The number of aliphatic hydroxyl groups excluding tert-OH is 1. The standard InChI is InChI=1S/C28H25NO5/c30-23-16-18-9-1-2-11-20(18)25(23)29-27(32)19-10-5-7-17(15-19)8-6-13-22-26(31)21-12-3-4-14-24(21)34-28(22)33/h1-5,7,9-12,14-15,23,25,30-31H,6,8,13,16H2,(H,29,32). The Labute approximate surface area is 196 Å². The van der Waals surface area contributed by atoms with Gasteiger partial charge in [-0.25, -0.2) is 4.79 Å². The summed E-state index contributed by atoms with van der Waals surface area (Å²) < 4.78 is 5.33. The van der Waals surface area contributed by atoms with Gasteiger partial charge in [-0.3, -0.25) is 4.79 Å². The number of aromatic hydroxyl groups is 1. The fourth-order valence-electron chi connectivity index (χ4n) is 4.70. The highest BCUT2D eigenvalue weighted by Crippen LogP contribution is 2.31. The SMILES string of the molecule is O=C(NC1c2ccccc2CC1O)c1cccc(CCCc2c(O)c3ccccc3oc2=O)c1. The lowest BCUT2D eigenvalue weighted by atomic mass is 10.0. The summed E-state index contributed by atoms with van der Waals surface area (Å²) >= 11 is 0. The third-order valence-electron chi connectivity index (χ3n) is 6.45. The highest BCUT2D eigenvalue weighted by Gasteiger charge is 2.32. The van der Waals surface area contributed by atoms with Crippen molar-refractivity contribution in [3.05, 3.63) is 111 Å². The zero-order valence-corrected chi connectivity index (χ0v) is 18.5. The van der Waals surface area contributed by atoms with Crippen LogP contribution in [0.25, 0.3) is 11.0 Å². The lowest BCUT2D eigenvalue weighted by Gasteiger charge is -2.18. The second-order valence-electron chi connectivity index (χ2n) is 8.69. The number of aryl methyl sites for hydroxylation is 1. The van der Waals surface area contributed by atoms with Crippen molar-refractivity contribution in [3.8, 4) is 5.75 Å². The van der Waals surface area contributed by atoms with Gasteiger partial charge in [-0.2, -0.15) is 0 Å². The molecule has 1 aliphatic rings. The second kappa shape index (κ2) is 9.15. The first-order chi connectivity index (χ1) is 16.5. The molecule has 3 N–H and O–H groups in total. The van der Waals surface area contributed by atoms with Crippen LogP contribution in [0, 0.1) is 0 Å². The van der Waals surface area contributed by atoms with E-state index in [1.165, 1.54) is 0 Å². The van der Waals surface area contributed by atoms with E-state index in [-0.39, 0.29) is 17.2 Å². The Balaban J connectivity index is 1.26. The maximum atomic E-state index is 12.9. The number of nitrogens with one attached hydrogen (secondary N) is 1. The molecule has 0 radical (unpaired) electrons. The molecule has 1 amide bonds. The molecule has 0 spiro atoms. The van der Waals surface area contributed by atoms with Gasteiger partial charge in [0.15, 0.2) is 0 Å². The Bertz CT molecular complexity index is 1420. The molecule has 2 unspecified atom stereocenters. The normalized spacial score (nSPS) is 17.0. The predicted molar refractivity (Wildman–Crippen MR) is 129 cm³/mol. The summed E-state index contributed by atoms with van der Waals surface area (Å²) in [5, 5.41) is 24.5. The summed E-state index contributed by atoms with van der Waals surface area (Å²) in [5.41, 5.74) is 3.57. The third kappa shape index (κ3) is 4.20. The zero-order chi connectivity index (χ0) is 23.7. The highest BCUT2D eigenvalue weighted by atomic mass is 16.4. The van der Waals surface area contributed by atoms with Crippen LogP contribution in [0.2, 0.25) is 0 Å². The van der Waals surface area contributed by atoms with E-state index in [1.807, 2.05) is 42.5 Å². The number of hydrogen-bond donors (Lipinski definition) is 3. The first kappa shape index (κ1) is 21.9. The monoisotopic (exact) mass is 455 g/mol. The summed E-state index contributed by atoms with van der Waals surface area (Å²) in [6, 6.07) is 21.5. The summed E-state index contributed by atoms with van der Waals surface area (Å²) in [7, 11) is 0. The number of aliphatic hydroxyl groups is 1. The maximum absolute atomic E-state index is 12.9. The van der Waals surface area contributed by atoms with Gasteiger partial charge >= 0.3 is 5.63 Å². The number of carbonyl (C=O) groups excluding carboxylic acids is 1. The summed E-state index contributed by atoms with van der Waals surface area (Å²) in [5.74, 6) is -0.272. The van der Waals surface area contributed by atoms with E-state index in [9.17, 15) is 19.8 Å². The van der Waals surface area contributed by atoms with Crippen molar-refractivity contribution in [2.45, 2.75) is 37.8 Å². The average Bonchev–Trinajstić information content (AvgIpc) is 3.16. The number of benzene rings is 3. The largest absolute Gasteiger partial charge is 0.507 e. The van der Waals surface area contributed by atoms with E-state index in [0.29, 0.717) is 42.2 Å². The van der Waals surface area contributed by atoms with Crippen molar-refractivity contribution in [2.24, 2.45) is 0 Å². The fourth-order valence-corrected chi connectivity index (χ4v) is 4.70. The van der Waals surface area contributed by atoms with Crippen molar-refractivity contribution in [2.75, 3.05) is 0 Å². The van der Waals surface area contributed by atoms with Crippen molar-refractivity contribution >= 4 is 16.9 Å². The lowest BCUT2D eigenvalue weighted by Crippen LogP contribution is -2.33. The van der Waals surface area contributed by atoms with Crippen LogP contribution in [0.1, 0.15) is 45.1 Å². The molecule has 0 fully saturated rings. The van der Waals surface area contributed by atoms with Gasteiger partial charge in [0.25, 0.3) is 5.91 Å². The maximum Gasteiger partial charge on any atom is 0.343 e. The molecular formula is C28H25NO5. The van der Waals surface area contributed by atoms with E-state index >= 15 is 0 Å². The smallest absolute Gasteiger partial charge is 0.343 e. The Morgan fingerprint density at radius 2 is 1.79 bits per heavy atom. The Morgan fingerprint density at radius 1 is 1.00 bits per heavy atom. The number of fused-ring (bicyclic) bond motifs is 2. The van der Waals surface area contributed by atoms with Gasteiger partial charge < -0.3 is 19.9 Å². The molecule has 6 heteroatoms. The number of para-hydroxylation sites is 1. The lowest BCUT2D eigenvalue weighted by molar-refractivity contribution is 0.0858. The zero-order valence-electron chi connectivity index (χ0n) is 18.5. The molecule has 0 bridgehead atoms. The molecule has 172 valence electrons. The van der Waals surface area contributed by atoms with Gasteiger partial charge in [0, 0.05) is 12.0 Å². The molecule has 1 aliphatic carbocycles. The molecule has 34 heavy (non-hydrogen) atoms. The first-order valence-corrected chi connectivity index (χ1v) is 11.4. The van der Waals surface area contributed by atoms with Crippen molar-refractivity contribution in [3.63, 3.8) is 0 Å². The van der Waals surface area contributed by atoms with E-state index in [1.54, 1.807) is 30.3 Å². The van der Waals surface area contributed by atoms with E-state index in [2.05, 4.69) is 5.32 Å². The van der Waals surface area contributed by atoms with Gasteiger partial charge in [-0.15, -0.1) is 0 Å². The molecule has 4 aromatic rings. The molecule has 0 saturated heterocycles. The Hall–Kier alpha value is -3.90. The Morgan fingerprint density at radius 3 is 2.68 bits per heavy atom. The molecule has 5 rings (SSSR count). The fraction of sp³-hybridized carbons (Fsp3) is 0.214. The molecule has 2 atom stereocenters. The van der Waals surface area contributed by atoms with Crippen molar-refractivity contribution in [1.29, 1.82) is 0 Å². The minimum Gasteiger partial charge on any atom is -0.507 e. The summed E-state index contributed by atoms with van der Waals surface area (Å²) in [6.07, 6.45) is 1.47. The number of hydrogen-bond acceptors (Lipinski definition) is 5. The number of rotatable bonds is 6. The third-order valence-corrected chi connectivity index (χ3v) is 6.45. The van der Waals surface area contributed by atoms with Crippen LogP contribution in [0.4, 0.5) is 0 Å². The summed E-state index contributed by atoms with van der Waals surface area (Å²) in [6.45, 7) is 0. The van der Waals surface area contributed by atoms with E-state index in [4.69, 9.17) is 4.42 Å². The molecular weight excluding hydrogens is 430 g/mol. The average molecular weight is 456 g/mol. The van der Waals surface area contributed by atoms with E-state index in [0.717, 1.165) is 16.7 Å². The Kier molecular flexibility index (Phi) is 5.90. The van der Waals surface area contributed by atoms with Crippen LogP contribution in [0.3, 0.4) is 0 Å². The molecule has 1 heterocycles. The van der Waals surface area contributed by atoms with Gasteiger partial charge in [-0.1, -0.05) is 48.5 Å². The van der Waals surface area contributed by atoms with Crippen LogP contribution in [0.15, 0.2) is 82.0 Å². The van der Waals surface area contributed by atoms with E-state index < -0.39 is 17.8 Å². The van der Waals surface area contributed by atoms with Crippen molar-refractivity contribution < 1.29 is 19.4 Å². The topological polar surface area (TPSA) is 99.8 Å². The van der Waals surface area contributed by atoms with Crippen LogP contribution >= 0.6 is 0 Å². The van der Waals surface area contributed by atoms with Crippen LogP contribution in [0.5, 0.6) is 5.75 Å². The predicted octanol–water partition coefficient (Wildman–Crippen LogP) is 4.06. The van der Waals surface area contributed by atoms with Crippen LogP contribution in [-0.2, 0) is 19.3 Å². The van der Waals surface area contributed by atoms with Crippen LogP contribution < -0.4 is 10.9 Å². The highest BCUT2D eigenvalue weighted by molar-refractivity contribution is 5.94. The molecule has 0 saturated carbocycles. The van der Waals surface area contributed by atoms with Gasteiger partial charge in [0.05, 0.1) is 23.1 Å². The molecule has 6 nitrogen and oxygen atoms in total. The summed E-state index contributed by atoms with van der Waals surface area (Å²) in [4.78, 5) is 25.2. The van der Waals surface area contributed by atoms with Crippen molar-refractivity contribution in [1.82, 2.24) is 5.32 Å². The number of carbonyl (C=O) groups is 1. The van der Waals surface area contributed by atoms with Crippen LogP contribution in [-0.4, -0.2) is 22.2 Å². The minimum atomic E-state index is -0.647. The second-order valence-corrected chi connectivity index (χ2v) is 8.69. The van der Waals surface area contributed by atoms with Gasteiger partial charge in [0.2, 0.25) is 0 Å².